The van der Waals surface area contributed by atoms with Gasteiger partial charge in [-0.3, -0.25) is 14.5 Å². The maximum Gasteiger partial charge on any atom is 0.293 e. The Morgan fingerprint density at radius 2 is 1.76 bits per heavy atom. The summed E-state index contributed by atoms with van der Waals surface area (Å²) in [5, 5.41) is 0.825. The zero-order valence-electron chi connectivity index (χ0n) is 12.9. The van der Waals surface area contributed by atoms with Crippen LogP contribution in [0.3, 0.4) is 0 Å². The molecule has 0 aliphatic carbocycles. The van der Waals surface area contributed by atoms with Crippen LogP contribution in [0.2, 0.25) is 10.0 Å². The van der Waals surface area contributed by atoms with Gasteiger partial charge in [-0.25, -0.2) is 0 Å². The van der Waals surface area contributed by atoms with Gasteiger partial charge in [-0.15, -0.1) is 0 Å². The first-order valence-electron chi connectivity index (χ1n) is 7.43. The van der Waals surface area contributed by atoms with Crippen molar-refractivity contribution < 1.29 is 14.3 Å². The molecule has 7 heteroatoms. The van der Waals surface area contributed by atoms with Crippen molar-refractivity contribution in [2.45, 2.75) is 0 Å². The predicted octanol–water partition coefficient (Wildman–Crippen LogP) is 5.11. The predicted molar refractivity (Wildman–Crippen MR) is 101 cm³/mol. The van der Waals surface area contributed by atoms with Gasteiger partial charge < -0.3 is 4.74 Å². The maximum atomic E-state index is 12.4. The van der Waals surface area contributed by atoms with Crippen molar-refractivity contribution in [3.8, 4) is 5.75 Å². The molecular formula is C18H13Cl2NO3S. The Bertz CT molecular complexity index is 836. The van der Waals surface area contributed by atoms with Gasteiger partial charge in [-0.05, 0) is 53.7 Å². The number of carbonyl (C=O) groups is 2. The Labute approximate surface area is 159 Å². The standard InChI is InChI=1S/C18H13Cl2NO3S/c19-13-5-7-14(8-6-13)24-10-9-21-17(22)16(25-18(21)23)11-12-3-1-2-4-15(12)20/h1-8,11H,9-10H2/b16-11-. The summed E-state index contributed by atoms with van der Waals surface area (Å²) in [4.78, 5) is 26.0. The molecule has 0 saturated carbocycles. The van der Waals surface area contributed by atoms with Crippen LogP contribution in [0.15, 0.2) is 53.4 Å². The number of imide groups is 1. The first-order valence-corrected chi connectivity index (χ1v) is 9.00. The number of nitrogens with zero attached hydrogens (tertiary/aromatic N) is 1. The van der Waals surface area contributed by atoms with Crippen LogP contribution >= 0.6 is 35.0 Å². The molecule has 2 amide bonds. The van der Waals surface area contributed by atoms with Crippen LogP contribution in [0.1, 0.15) is 5.56 Å². The van der Waals surface area contributed by atoms with Crippen molar-refractivity contribution in [1.82, 2.24) is 4.90 Å². The van der Waals surface area contributed by atoms with E-state index in [0.29, 0.717) is 26.3 Å². The first-order chi connectivity index (χ1) is 12.0. The second-order valence-corrected chi connectivity index (χ2v) is 6.99. The topological polar surface area (TPSA) is 46.6 Å². The van der Waals surface area contributed by atoms with Crippen LogP contribution in [-0.4, -0.2) is 29.2 Å². The molecule has 0 radical (unpaired) electrons. The molecule has 0 bridgehead atoms. The molecule has 0 atom stereocenters. The lowest BCUT2D eigenvalue weighted by Crippen LogP contribution is -2.32. The van der Waals surface area contributed by atoms with Crippen LogP contribution in [-0.2, 0) is 4.79 Å². The summed E-state index contributed by atoms with van der Waals surface area (Å²) in [5.41, 5.74) is 0.701. The van der Waals surface area contributed by atoms with E-state index >= 15 is 0 Å². The van der Waals surface area contributed by atoms with E-state index in [1.54, 1.807) is 48.5 Å². The van der Waals surface area contributed by atoms with Gasteiger partial charge in [0.1, 0.15) is 12.4 Å². The smallest absolute Gasteiger partial charge is 0.293 e. The van der Waals surface area contributed by atoms with Crippen LogP contribution in [0.5, 0.6) is 5.75 Å². The van der Waals surface area contributed by atoms with Gasteiger partial charge in [-0.1, -0.05) is 41.4 Å². The van der Waals surface area contributed by atoms with Gasteiger partial charge >= 0.3 is 0 Å². The molecule has 3 rings (SSSR count). The molecule has 1 aliphatic rings. The largest absolute Gasteiger partial charge is 0.492 e. The number of carbonyl (C=O) groups excluding carboxylic acids is 2. The van der Waals surface area contributed by atoms with E-state index in [0.717, 1.165) is 11.8 Å². The number of amides is 2. The van der Waals surface area contributed by atoms with Crippen LogP contribution in [0, 0.1) is 0 Å². The summed E-state index contributed by atoms with van der Waals surface area (Å²) in [6.07, 6.45) is 1.63. The van der Waals surface area contributed by atoms with E-state index < -0.39 is 0 Å². The minimum Gasteiger partial charge on any atom is -0.492 e. The van der Waals surface area contributed by atoms with Gasteiger partial charge in [-0.2, -0.15) is 0 Å². The summed E-state index contributed by atoms with van der Waals surface area (Å²) >= 11 is 12.8. The van der Waals surface area contributed by atoms with E-state index in [1.807, 2.05) is 6.07 Å². The molecule has 0 unspecified atom stereocenters. The molecule has 1 fully saturated rings. The highest BCUT2D eigenvalue weighted by Gasteiger charge is 2.34. The van der Waals surface area contributed by atoms with E-state index in [1.165, 1.54) is 4.90 Å². The highest BCUT2D eigenvalue weighted by atomic mass is 35.5. The molecule has 2 aromatic rings. The number of halogens is 2. The minimum absolute atomic E-state index is 0.174. The van der Waals surface area contributed by atoms with E-state index in [9.17, 15) is 9.59 Å². The van der Waals surface area contributed by atoms with Crippen LogP contribution in [0.25, 0.3) is 6.08 Å². The normalized spacial score (nSPS) is 15.9. The highest BCUT2D eigenvalue weighted by Crippen LogP contribution is 2.33. The SMILES string of the molecule is O=C1S/C(=C\c2ccccc2Cl)C(=O)N1CCOc1ccc(Cl)cc1. The van der Waals surface area contributed by atoms with Crippen LogP contribution < -0.4 is 4.74 Å². The Hall–Kier alpha value is -1.95. The van der Waals surface area contributed by atoms with Gasteiger partial charge in [0.2, 0.25) is 0 Å². The molecule has 1 saturated heterocycles. The highest BCUT2D eigenvalue weighted by molar-refractivity contribution is 8.18. The third kappa shape index (κ3) is 4.37. The number of ether oxygens (including phenoxy) is 1. The third-order valence-electron chi connectivity index (χ3n) is 3.46. The number of hydrogen-bond acceptors (Lipinski definition) is 4. The number of hydrogen-bond donors (Lipinski definition) is 0. The fourth-order valence-electron chi connectivity index (χ4n) is 2.21. The lowest BCUT2D eigenvalue weighted by atomic mass is 10.2. The zero-order valence-corrected chi connectivity index (χ0v) is 15.3. The minimum atomic E-state index is -0.338. The zero-order chi connectivity index (χ0) is 17.8. The van der Waals surface area contributed by atoms with Gasteiger partial charge in [0, 0.05) is 10.0 Å². The Kier molecular flexibility index (Phi) is 5.68. The Balaban J connectivity index is 1.63. The van der Waals surface area contributed by atoms with E-state index in [4.69, 9.17) is 27.9 Å². The summed E-state index contributed by atoms with van der Waals surface area (Å²) < 4.78 is 5.54. The molecule has 128 valence electrons. The Morgan fingerprint density at radius 3 is 2.48 bits per heavy atom. The summed E-state index contributed by atoms with van der Waals surface area (Å²) in [7, 11) is 0. The lowest BCUT2D eigenvalue weighted by Gasteiger charge is -2.13. The monoisotopic (exact) mass is 393 g/mol. The summed E-state index contributed by atoms with van der Waals surface area (Å²) in [6.45, 7) is 0.381. The number of benzene rings is 2. The fraction of sp³-hybridized carbons (Fsp3) is 0.111. The molecule has 1 heterocycles. The van der Waals surface area contributed by atoms with Gasteiger partial charge in [0.25, 0.3) is 11.1 Å². The Morgan fingerprint density at radius 1 is 1.04 bits per heavy atom. The molecule has 0 aromatic heterocycles. The summed E-state index contributed by atoms with van der Waals surface area (Å²) in [6, 6.07) is 14.0. The van der Waals surface area contributed by atoms with Gasteiger partial charge in [0.15, 0.2) is 0 Å². The molecule has 0 spiro atoms. The molecular weight excluding hydrogens is 381 g/mol. The quantitative estimate of drug-likeness (QED) is 0.662. The number of thioether (sulfide) groups is 1. The summed E-state index contributed by atoms with van der Waals surface area (Å²) in [5.74, 6) is 0.289. The van der Waals surface area contributed by atoms with E-state index in [2.05, 4.69) is 0 Å². The maximum absolute atomic E-state index is 12.4. The van der Waals surface area contributed by atoms with Crippen molar-refractivity contribution in [3.05, 3.63) is 69.0 Å². The average molecular weight is 394 g/mol. The second-order valence-electron chi connectivity index (χ2n) is 5.16. The number of rotatable bonds is 5. The van der Waals surface area contributed by atoms with Crippen molar-refractivity contribution in [2.24, 2.45) is 0 Å². The molecule has 4 nitrogen and oxygen atoms in total. The third-order valence-corrected chi connectivity index (χ3v) is 4.97. The van der Waals surface area contributed by atoms with Crippen molar-refractivity contribution in [3.63, 3.8) is 0 Å². The van der Waals surface area contributed by atoms with Crippen molar-refractivity contribution >= 4 is 52.2 Å². The second kappa shape index (κ2) is 7.95. The van der Waals surface area contributed by atoms with Crippen molar-refractivity contribution in [2.75, 3.05) is 13.2 Å². The fourth-order valence-corrected chi connectivity index (χ4v) is 3.38. The molecule has 0 N–H and O–H groups in total. The first kappa shape index (κ1) is 17.9. The van der Waals surface area contributed by atoms with Gasteiger partial charge in [0.05, 0.1) is 11.4 Å². The van der Waals surface area contributed by atoms with E-state index in [-0.39, 0.29) is 24.3 Å². The molecule has 2 aromatic carbocycles. The molecule has 25 heavy (non-hydrogen) atoms. The molecule has 1 aliphatic heterocycles. The van der Waals surface area contributed by atoms with Crippen LogP contribution in [0.4, 0.5) is 4.79 Å². The van der Waals surface area contributed by atoms with Crippen molar-refractivity contribution in [1.29, 1.82) is 0 Å². The lowest BCUT2D eigenvalue weighted by molar-refractivity contribution is -0.123. The average Bonchev–Trinajstić information content (AvgIpc) is 2.86.